The number of benzene rings is 2. The van der Waals surface area contributed by atoms with Crippen LogP contribution >= 0.6 is 11.6 Å². The van der Waals surface area contributed by atoms with Crippen LogP contribution in [0, 0.1) is 11.3 Å². The lowest BCUT2D eigenvalue weighted by atomic mass is 10.1. The molecule has 0 N–H and O–H groups in total. The Kier molecular flexibility index (Phi) is 5.61. The van der Waals surface area contributed by atoms with Crippen molar-refractivity contribution in [1.82, 2.24) is 14.5 Å². The number of hydrogen-bond donors (Lipinski definition) is 0. The molecule has 0 radical (unpaired) electrons. The molecule has 2 aromatic carbocycles. The minimum atomic E-state index is 0.0653. The molecule has 1 saturated heterocycles. The van der Waals surface area contributed by atoms with Gasteiger partial charge in [-0.05, 0) is 35.9 Å². The van der Waals surface area contributed by atoms with Gasteiger partial charge in [-0.15, -0.1) is 0 Å². The molecule has 146 valence electrons. The Bertz CT molecular complexity index is 1050. The first-order valence-electron chi connectivity index (χ1n) is 9.39. The summed E-state index contributed by atoms with van der Waals surface area (Å²) in [6, 6.07) is 17.1. The summed E-state index contributed by atoms with van der Waals surface area (Å²) in [6.07, 6.45) is 3.81. The van der Waals surface area contributed by atoms with Crippen LogP contribution in [0.3, 0.4) is 0 Å². The molecule has 1 aliphatic rings. The molecule has 1 amide bonds. The molecule has 0 bridgehead atoms. The maximum absolute atomic E-state index is 12.6. The van der Waals surface area contributed by atoms with E-state index in [4.69, 9.17) is 16.9 Å². The Morgan fingerprint density at radius 2 is 1.93 bits per heavy atom. The van der Waals surface area contributed by atoms with E-state index < -0.39 is 0 Å². The van der Waals surface area contributed by atoms with E-state index in [0.29, 0.717) is 36.8 Å². The fraction of sp³-hybridized carbons (Fsp3) is 0.227. The minimum Gasteiger partial charge on any atom is -0.333 e. The minimum absolute atomic E-state index is 0.0653. The summed E-state index contributed by atoms with van der Waals surface area (Å²) < 4.78 is 2.01. The molecule has 0 atom stereocenters. The number of anilines is 1. The van der Waals surface area contributed by atoms with Crippen LogP contribution in [0.2, 0.25) is 5.02 Å². The van der Waals surface area contributed by atoms with Gasteiger partial charge in [0.05, 0.1) is 30.2 Å². The largest absolute Gasteiger partial charge is 0.333 e. The third-order valence-corrected chi connectivity index (χ3v) is 5.18. The van der Waals surface area contributed by atoms with Gasteiger partial charge in [0.2, 0.25) is 5.91 Å². The lowest BCUT2D eigenvalue weighted by Crippen LogP contribution is -2.50. The zero-order valence-corrected chi connectivity index (χ0v) is 16.6. The van der Waals surface area contributed by atoms with E-state index >= 15 is 0 Å². The summed E-state index contributed by atoms with van der Waals surface area (Å²) in [7, 11) is 0. The van der Waals surface area contributed by atoms with Gasteiger partial charge in [0, 0.05) is 43.1 Å². The predicted molar refractivity (Wildman–Crippen MR) is 112 cm³/mol. The van der Waals surface area contributed by atoms with E-state index in [2.05, 4.69) is 16.0 Å². The SMILES string of the molecule is N#Cc1ccc(Cn2cnc(CN3CCN(c4cccc(Cl)c4)C(=O)C3)c2)cc1. The zero-order chi connectivity index (χ0) is 20.2. The first kappa shape index (κ1) is 19.2. The normalized spacial score (nSPS) is 14.8. The van der Waals surface area contributed by atoms with E-state index in [-0.39, 0.29) is 5.91 Å². The third kappa shape index (κ3) is 4.65. The van der Waals surface area contributed by atoms with Crippen molar-refractivity contribution in [3.8, 4) is 6.07 Å². The number of piperazine rings is 1. The van der Waals surface area contributed by atoms with Gasteiger partial charge in [0.15, 0.2) is 0 Å². The summed E-state index contributed by atoms with van der Waals surface area (Å²) >= 11 is 6.05. The van der Waals surface area contributed by atoms with Crippen LogP contribution in [0.1, 0.15) is 16.8 Å². The molecule has 1 fully saturated rings. The number of carbonyl (C=O) groups excluding carboxylic acids is 1. The predicted octanol–water partition coefficient (Wildman–Crippen LogP) is 3.31. The first-order valence-corrected chi connectivity index (χ1v) is 9.76. The highest BCUT2D eigenvalue weighted by molar-refractivity contribution is 6.30. The maximum Gasteiger partial charge on any atom is 0.241 e. The topological polar surface area (TPSA) is 65.2 Å². The smallest absolute Gasteiger partial charge is 0.241 e. The van der Waals surface area contributed by atoms with Gasteiger partial charge in [0.25, 0.3) is 0 Å². The number of hydrogen-bond acceptors (Lipinski definition) is 4. The van der Waals surface area contributed by atoms with Crippen molar-refractivity contribution in [3.63, 3.8) is 0 Å². The van der Waals surface area contributed by atoms with Crippen molar-refractivity contribution in [2.75, 3.05) is 24.5 Å². The number of nitrogens with zero attached hydrogens (tertiary/aromatic N) is 5. The number of amides is 1. The fourth-order valence-electron chi connectivity index (χ4n) is 3.47. The molecule has 3 aromatic rings. The summed E-state index contributed by atoms with van der Waals surface area (Å²) in [5.41, 5.74) is 3.54. The highest BCUT2D eigenvalue weighted by Gasteiger charge is 2.25. The molecular weight excluding hydrogens is 386 g/mol. The maximum atomic E-state index is 12.6. The second-order valence-corrected chi connectivity index (χ2v) is 7.52. The van der Waals surface area contributed by atoms with Crippen molar-refractivity contribution >= 4 is 23.2 Å². The average molecular weight is 406 g/mol. The van der Waals surface area contributed by atoms with Gasteiger partial charge in [-0.2, -0.15) is 5.26 Å². The van der Waals surface area contributed by atoms with Gasteiger partial charge in [-0.25, -0.2) is 4.98 Å². The molecule has 0 unspecified atom stereocenters. The van der Waals surface area contributed by atoms with Crippen LogP contribution < -0.4 is 4.90 Å². The number of aromatic nitrogens is 2. The van der Waals surface area contributed by atoms with Crippen LogP contribution in [0.15, 0.2) is 61.1 Å². The van der Waals surface area contributed by atoms with E-state index in [9.17, 15) is 4.79 Å². The zero-order valence-electron chi connectivity index (χ0n) is 15.8. The van der Waals surface area contributed by atoms with Crippen LogP contribution in [0.25, 0.3) is 0 Å². The second-order valence-electron chi connectivity index (χ2n) is 7.08. The van der Waals surface area contributed by atoms with Crippen molar-refractivity contribution in [2.45, 2.75) is 13.1 Å². The van der Waals surface area contributed by atoms with Gasteiger partial charge >= 0.3 is 0 Å². The third-order valence-electron chi connectivity index (χ3n) is 4.94. The lowest BCUT2D eigenvalue weighted by Gasteiger charge is -2.34. The highest BCUT2D eigenvalue weighted by Crippen LogP contribution is 2.22. The van der Waals surface area contributed by atoms with Crippen LogP contribution in [-0.4, -0.2) is 40.0 Å². The fourth-order valence-corrected chi connectivity index (χ4v) is 3.66. The van der Waals surface area contributed by atoms with Crippen molar-refractivity contribution < 1.29 is 4.79 Å². The summed E-state index contributed by atoms with van der Waals surface area (Å²) in [4.78, 5) is 21.0. The highest BCUT2D eigenvalue weighted by atomic mass is 35.5. The molecule has 2 heterocycles. The van der Waals surface area contributed by atoms with E-state index in [1.807, 2.05) is 53.2 Å². The Balaban J connectivity index is 1.35. The summed E-state index contributed by atoms with van der Waals surface area (Å²) in [5, 5.41) is 9.52. The molecule has 4 rings (SSSR count). The molecule has 1 aliphatic heterocycles. The quantitative estimate of drug-likeness (QED) is 0.653. The average Bonchev–Trinajstić information content (AvgIpc) is 3.15. The number of carbonyl (C=O) groups is 1. The Morgan fingerprint density at radius 1 is 1.10 bits per heavy atom. The monoisotopic (exact) mass is 405 g/mol. The van der Waals surface area contributed by atoms with Gasteiger partial charge in [-0.1, -0.05) is 29.8 Å². The molecule has 1 aromatic heterocycles. The molecular formula is C22H20ClN5O. The molecule has 6 nitrogen and oxygen atoms in total. The van der Waals surface area contributed by atoms with Crippen LogP contribution in [-0.2, 0) is 17.9 Å². The molecule has 29 heavy (non-hydrogen) atoms. The van der Waals surface area contributed by atoms with Gasteiger partial charge in [0.1, 0.15) is 0 Å². The van der Waals surface area contributed by atoms with E-state index in [1.165, 1.54) is 0 Å². The van der Waals surface area contributed by atoms with Crippen LogP contribution in [0.5, 0.6) is 0 Å². The number of nitriles is 1. The van der Waals surface area contributed by atoms with Crippen molar-refractivity contribution in [1.29, 1.82) is 5.26 Å². The Labute approximate surface area is 174 Å². The van der Waals surface area contributed by atoms with Crippen LogP contribution in [0.4, 0.5) is 5.69 Å². The van der Waals surface area contributed by atoms with Crippen molar-refractivity contribution in [2.24, 2.45) is 0 Å². The summed E-state index contributed by atoms with van der Waals surface area (Å²) in [5.74, 6) is 0.0653. The summed E-state index contributed by atoms with van der Waals surface area (Å²) in [6.45, 7) is 3.09. The molecule has 0 aliphatic carbocycles. The molecule has 0 saturated carbocycles. The van der Waals surface area contributed by atoms with E-state index in [1.54, 1.807) is 17.3 Å². The van der Waals surface area contributed by atoms with E-state index in [0.717, 1.165) is 23.5 Å². The lowest BCUT2D eigenvalue weighted by molar-refractivity contribution is -0.121. The second kappa shape index (κ2) is 8.48. The molecule has 0 spiro atoms. The Hall–Kier alpha value is -3.14. The number of imidazole rings is 1. The Morgan fingerprint density at radius 3 is 2.66 bits per heavy atom. The molecule has 7 heteroatoms. The number of halogens is 1. The first-order chi connectivity index (χ1) is 14.1. The van der Waals surface area contributed by atoms with Crippen molar-refractivity contribution in [3.05, 3.63) is 82.9 Å². The number of rotatable bonds is 5. The van der Waals surface area contributed by atoms with Gasteiger partial charge < -0.3 is 9.47 Å². The van der Waals surface area contributed by atoms with Gasteiger partial charge in [-0.3, -0.25) is 9.69 Å². The standard InChI is InChI=1S/C22H20ClN5O/c23-19-2-1-3-21(10-19)28-9-8-26(15-22(28)29)13-20-14-27(16-25-20)12-18-6-4-17(11-24)5-7-18/h1-7,10,14,16H,8-9,12-13,15H2.